The van der Waals surface area contributed by atoms with Crippen molar-refractivity contribution in [1.82, 2.24) is 0 Å². The molecule has 1 unspecified atom stereocenters. The minimum Gasteiger partial charge on any atom is -0.417 e. The van der Waals surface area contributed by atoms with Crippen molar-refractivity contribution in [1.29, 1.82) is 0 Å². The van der Waals surface area contributed by atoms with Crippen molar-refractivity contribution >= 4 is 22.8 Å². The standard InChI is InChI=1S/C51H72O9P2/c1-36(2)41-24-16-20-37(3)45(41)57-61(58-46-38(4)21-17-25-42(46)49(7,8)9)55-34-32-53-30-28-52-29-31-54-33-35-56-62(59-47-39(5)22-18-26-43(47)50(10,11)12)60-48-40(6)23-19-27-44(48)51(13,14)15/h16-27H,1,28-35H2,2-15H3. The highest BCUT2D eigenvalue weighted by Crippen LogP contribution is 2.50. The van der Waals surface area contributed by atoms with Crippen LogP contribution < -0.4 is 18.1 Å². The molecule has 0 spiro atoms. The van der Waals surface area contributed by atoms with Crippen molar-refractivity contribution in [3.8, 4) is 23.0 Å². The van der Waals surface area contributed by atoms with E-state index in [4.69, 9.17) is 41.4 Å². The van der Waals surface area contributed by atoms with Crippen LogP contribution in [0.5, 0.6) is 23.0 Å². The second kappa shape index (κ2) is 23.4. The van der Waals surface area contributed by atoms with Crippen LogP contribution in [0.1, 0.15) is 114 Å². The Morgan fingerprint density at radius 1 is 0.419 bits per heavy atom. The van der Waals surface area contributed by atoms with Gasteiger partial charge in [0.05, 0.1) is 52.9 Å². The van der Waals surface area contributed by atoms with Crippen LogP contribution >= 0.6 is 17.2 Å². The monoisotopic (exact) mass is 890 g/mol. The van der Waals surface area contributed by atoms with E-state index in [1.54, 1.807) is 0 Å². The predicted molar refractivity (Wildman–Crippen MR) is 256 cm³/mol. The lowest BCUT2D eigenvalue weighted by atomic mass is 9.85. The topological polar surface area (TPSA) is 83.1 Å². The molecule has 340 valence electrons. The van der Waals surface area contributed by atoms with Crippen LogP contribution in [0.4, 0.5) is 0 Å². The number of ether oxygens (including phenoxy) is 3. The predicted octanol–water partition coefficient (Wildman–Crippen LogP) is 14.0. The van der Waals surface area contributed by atoms with Crippen LogP contribution in [0.2, 0.25) is 0 Å². The highest BCUT2D eigenvalue weighted by Gasteiger charge is 2.30. The quantitative estimate of drug-likeness (QED) is 0.0534. The normalized spacial score (nSPS) is 12.7. The SMILES string of the molecule is C=C(C)c1cccc(C)c1OP(OCCOCCOCCOCCOP(Oc1c(C)cccc1C(C)(C)C)Oc1c(C)cccc1C(C)(C)C)Oc1c(C)cccc1C(C)(C)C. The van der Waals surface area contributed by atoms with Crippen LogP contribution in [0, 0.1) is 27.7 Å². The molecule has 0 fully saturated rings. The van der Waals surface area contributed by atoms with Gasteiger partial charge in [0.2, 0.25) is 0 Å². The third-order valence-electron chi connectivity index (χ3n) is 9.99. The van der Waals surface area contributed by atoms with E-state index >= 15 is 0 Å². The van der Waals surface area contributed by atoms with E-state index in [2.05, 4.69) is 131 Å². The number of hydrogen-bond acceptors (Lipinski definition) is 9. The molecule has 0 saturated heterocycles. The van der Waals surface area contributed by atoms with E-state index < -0.39 is 17.2 Å². The molecule has 0 aliphatic rings. The Bertz CT molecular complexity index is 1980. The Labute approximate surface area is 375 Å². The number of aryl methyl sites for hydroxylation is 4. The lowest BCUT2D eigenvalue weighted by Crippen LogP contribution is -2.17. The highest BCUT2D eigenvalue weighted by atomic mass is 31.2. The lowest BCUT2D eigenvalue weighted by Gasteiger charge is -2.28. The average Bonchev–Trinajstić information content (AvgIpc) is 3.17. The van der Waals surface area contributed by atoms with Gasteiger partial charge in [-0.15, -0.1) is 0 Å². The third-order valence-corrected chi connectivity index (χ3v) is 12.1. The van der Waals surface area contributed by atoms with Crippen LogP contribution in [-0.2, 0) is 39.5 Å². The first-order valence-corrected chi connectivity index (χ1v) is 23.7. The molecule has 0 radical (unpaired) electrons. The molecule has 11 heteroatoms. The molecule has 0 amide bonds. The highest BCUT2D eigenvalue weighted by molar-refractivity contribution is 7.42. The number of rotatable bonds is 23. The molecule has 4 aromatic carbocycles. The largest absolute Gasteiger partial charge is 0.463 e. The molecule has 0 aliphatic carbocycles. The maximum Gasteiger partial charge on any atom is 0.463 e. The smallest absolute Gasteiger partial charge is 0.417 e. The Morgan fingerprint density at radius 3 is 1.00 bits per heavy atom. The fourth-order valence-electron chi connectivity index (χ4n) is 6.53. The first-order valence-electron chi connectivity index (χ1n) is 21.6. The number of allylic oxidation sites excluding steroid dienone is 1. The Hall–Kier alpha value is -3.52. The van der Waals surface area contributed by atoms with E-state index in [9.17, 15) is 0 Å². The van der Waals surface area contributed by atoms with Crippen molar-refractivity contribution in [3.63, 3.8) is 0 Å². The molecule has 9 nitrogen and oxygen atoms in total. The summed E-state index contributed by atoms with van der Waals surface area (Å²) in [6.45, 7) is 36.8. The van der Waals surface area contributed by atoms with E-state index in [0.717, 1.165) is 67.3 Å². The zero-order valence-electron chi connectivity index (χ0n) is 39.9. The Balaban J connectivity index is 1.25. The molecule has 0 bridgehead atoms. The molecular weight excluding hydrogens is 818 g/mol. The van der Waals surface area contributed by atoms with Crippen LogP contribution in [0.3, 0.4) is 0 Å². The summed E-state index contributed by atoms with van der Waals surface area (Å²) in [5, 5.41) is 0. The molecule has 0 aromatic heterocycles. The summed E-state index contributed by atoms with van der Waals surface area (Å²) in [7, 11) is -3.64. The molecule has 0 N–H and O–H groups in total. The van der Waals surface area contributed by atoms with E-state index in [0.29, 0.717) is 45.4 Å². The second-order valence-corrected chi connectivity index (χ2v) is 20.8. The average molecular weight is 891 g/mol. The summed E-state index contributed by atoms with van der Waals surface area (Å²) < 4.78 is 56.5. The zero-order valence-corrected chi connectivity index (χ0v) is 41.6. The zero-order chi connectivity index (χ0) is 45.7. The third kappa shape index (κ3) is 15.3. The minimum absolute atomic E-state index is 0.132. The minimum atomic E-state index is -1.83. The van der Waals surface area contributed by atoms with Gasteiger partial charge in [0.15, 0.2) is 0 Å². The molecule has 4 rings (SSSR count). The van der Waals surface area contributed by atoms with Crippen LogP contribution in [0.15, 0.2) is 79.4 Å². The molecule has 0 aliphatic heterocycles. The van der Waals surface area contributed by atoms with Crippen LogP contribution in [0.25, 0.3) is 5.57 Å². The van der Waals surface area contributed by atoms with Crippen molar-refractivity contribution in [2.75, 3.05) is 52.9 Å². The number of para-hydroxylation sites is 4. The first-order chi connectivity index (χ1) is 29.2. The Kier molecular flexibility index (Phi) is 19.3. The van der Waals surface area contributed by atoms with Gasteiger partial charge in [-0.05, 0) is 78.7 Å². The second-order valence-electron chi connectivity index (χ2n) is 18.7. The maximum absolute atomic E-state index is 6.64. The van der Waals surface area contributed by atoms with Crippen molar-refractivity contribution in [2.45, 2.75) is 113 Å². The summed E-state index contributed by atoms with van der Waals surface area (Å²) in [5.41, 5.74) is 8.74. The molecular formula is C51H72O9P2. The summed E-state index contributed by atoms with van der Waals surface area (Å²) >= 11 is 0. The lowest BCUT2D eigenvalue weighted by molar-refractivity contribution is 0.00427. The van der Waals surface area contributed by atoms with Crippen molar-refractivity contribution < 1.29 is 41.4 Å². The van der Waals surface area contributed by atoms with E-state index in [1.165, 1.54) is 0 Å². The molecule has 0 heterocycles. The summed E-state index contributed by atoms with van der Waals surface area (Å²) in [6, 6.07) is 24.6. The first kappa shape index (κ1) is 51.1. The van der Waals surface area contributed by atoms with Gasteiger partial charge in [0.1, 0.15) is 23.0 Å². The van der Waals surface area contributed by atoms with Crippen molar-refractivity contribution in [3.05, 3.63) is 124 Å². The van der Waals surface area contributed by atoms with E-state index in [1.807, 2.05) is 45.0 Å². The maximum atomic E-state index is 6.64. The van der Waals surface area contributed by atoms with Gasteiger partial charge in [0, 0.05) is 22.3 Å². The fraction of sp³-hybridized carbons (Fsp3) is 0.490. The van der Waals surface area contributed by atoms with Gasteiger partial charge in [-0.3, -0.25) is 9.05 Å². The summed E-state index contributed by atoms with van der Waals surface area (Å²) in [5.74, 6) is 3.06. The summed E-state index contributed by atoms with van der Waals surface area (Å²) in [6.07, 6.45) is 0. The van der Waals surface area contributed by atoms with Crippen molar-refractivity contribution in [2.24, 2.45) is 0 Å². The molecule has 4 aromatic rings. The summed E-state index contributed by atoms with van der Waals surface area (Å²) in [4.78, 5) is 0. The molecule has 62 heavy (non-hydrogen) atoms. The number of hydrogen-bond donors (Lipinski definition) is 0. The van der Waals surface area contributed by atoms with Gasteiger partial charge >= 0.3 is 17.2 Å². The van der Waals surface area contributed by atoms with Gasteiger partial charge < -0.3 is 32.3 Å². The van der Waals surface area contributed by atoms with Gasteiger partial charge in [0.25, 0.3) is 0 Å². The van der Waals surface area contributed by atoms with Crippen LogP contribution in [-0.4, -0.2) is 52.9 Å². The molecule has 1 atom stereocenters. The molecule has 0 saturated carbocycles. The fourth-order valence-corrected chi connectivity index (χ4v) is 8.82. The van der Waals surface area contributed by atoms with E-state index in [-0.39, 0.29) is 29.5 Å². The number of benzene rings is 4. The van der Waals surface area contributed by atoms with Gasteiger partial charge in [-0.1, -0.05) is 142 Å². The Morgan fingerprint density at radius 2 is 0.694 bits per heavy atom. The van der Waals surface area contributed by atoms with Gasteiger partial charge in [-0.25, -0.2) is 0 Å². The van der Waals surface area contributed by atoms with Gasteiger partial charge in [-0.2, -0.15) is 0 Å².